The largest absolute Gasteiger partial charge is 0.493 e. The molecule has 2 aromatic heterocycles. The minimum Gasteiger partial charge on any atom is -0.493 e. The maximum atomic E-state index is 14.4. The molecule has 12 heteroatoms. The number of nitrogens with two attached hydrogens (primary N) is 1. The highest BCUT2D eigenvalue weighted by atomic mass is 19.1. The van der Waals surface area contributed by atoms with Crippen LogP contribution in [-0.4, -0.2) is 39.5 Å². The quantitative estimate of drug-likeness (QED) is 0.227. The number of halogens is 1. The van der Waals surface area contributed by atoms with Crippen LogP contribution in [0.5, 0.6) is 11.5 Å². The second kappa shape index (κ2) is 9.50. The van der Waals surface area contributed by atoms with Gasteiger partial charge in [-0.15, -0.1) is 5.10 Å². The highest BCUT2D eigenvalue weighted by Gasteiger charge is 2.26. The number of fused-ring (bicyclic) bond motifs is 1. The Morgan fingerprint density at radius 2 is 2.11 bits per heavy atom. The van der Waals surface area contributed by atoms with Gasteiger partial charge in [0.2, 0.25) is 0 Å². The third kappa shape index (κ3) is 4.36. The topological polar surface area (TPSA) is 153 Å². The SMILES string of the molecule is COc1cc([C@H](Nc2ccc(C(=N)N)cc2)c2nn(-c3ncccc3F)c(=O)[nH]2)cc2c1OCOC2. The summed E-state index contributed by atoms with van der Waals surface area (Å²) in [5, 5.41) is 15.3. The predicted octanol–water partition coefficient (Wildman–Crippen LogP) is 2.46. The lowest BCUT2D eigenvalue weighted by molar-refractivity contribution is -0.0180. The molecular formula is C24H22FN7O4. The minimum absolute atomic E-state index is 0.0574. The average Bonchev–Trinajstić information content (AvgIpc) is 3.27. The van der Waals surface area contributed by atoms with Gasteiger partial charge in [0.05, 0.1) is 13.7 Å². The fourth-order valence-electron chi connectivity index (χ4n) is 3.89. The molecule has 5 N–H and O–H groups in total. The number of benzene rings is 2. The second-order valence-electron chi connectivity index (χ2n) is 7.93. The van der Waals surface area contributed by atoms with E-state index >= 15 is 0 Å². The number of methoxy groups -OCH3 is 1. The van der Waals surface area contributed by atoms with Crippen LogP contribution in [0, 0.1) is 11.2 Å². The van der Waals surface area contributed by atoms with Gasteiger partial charge in [-0.25, -0.2) is 14.2 Å². The lowest BCUT2D eigenvalue weighted by Gasteiger charge is -2.24. The summed E-state index contributed by atoms with van der Waals surface area (Å²) in [5.41, 5.74) is 7.57. The van der Waals surface area contributed by atoms with E-state index in [0.717, 1.165) is 10.2 Å². The van der Waals surface area contributed by atoms with E-state index < -0.39 is 17.5 Å². The normalized spacial score (nSPS) is 13.4. The Bertz CT molecular complexity index is 1470. The molecule has 0 bridgehead atoms. The van der Waals surface area contributed by atoms with E-state index in [4.69, 9.17) is 25.4 Å². The number of aromatic nitrogens is 4. The number of nitrogens with one attached hydrogen (secondary N) is 3. The Kier molecular flexibility index (Phi) is 6.09. The van der Waals surface area contributed by atoms with Crippen LogP contribution >= 0.6 is 0 Å². The van der Waals surface area contributed by atoms with Crippen LogP contribution in [0.4, 0.5) is 10.1 Å². The van der Waals surface area contributed by atoms with Crippen molar-refractivity contribution in [1.29, 1.82) is 5.41 Å². The second-order valence-corrected chi connectivity index (χ2v) is 7.93. The van der Waals surface area contributed by atoms with E-state index in [2.05, 4.69) is 20.4 Å². The fourth-order valence-corrected chi connectivity index (χ4v) is 3.89. The van der Waals surface area contributed by atoms with Crippen molar-refractivity contribution < 1.29 is 18.6 Å². The zero-order valence-corrected chi connectivity index (χ0v) is 19.1. The highest BCUT2D eigenvalue weighted by molar-refractivity contribution is 5.95. The first kappa shape index (κ1) is 23.1. The summed E-state index contributed by atoms with van der Waals surface area (Å²) in [7, 11) is 1.53. The van der Waals surface area contributed by atoms with Gasteiger partial charge < -0.3 is 25.3 Å². The number of anilines is 1. The summed E-state index contributed by atoms with van der Waals surface area (Å²) in [6, 6.07) is 12.4. The van der Waals surface area contributed by atoms with Gasteiger partial charge in [0.1, 0.15) is 11.9 Å². The summed E-state index contributed by atoms with van der Waals surface area (Å²) in [4.78, 5) is 19.4. The number of hydrogen-bond acceptors (Lipinski definition) is 8. The van der Waals surface area contributed by atoms with E-state index in [1.807, 2.05) is 6.07 Å². The van der Waals surface area contributed by atoms with E-state index in [0.29, 0.717) is 34.9 Å². The van der Waals surface area contributed by atoms with Gasteiger partial charge in [0.25, 0.3) is 0 Å². The van der Waals surface area contributed by atoms with Crippen molar-refractivity contribution in [3.63, 3.8) is 0 Å². The molecule has 11 nitrogen and oxygen atoms in total. The zero-order valence-electron chi connectivity index (χ0n) is 19.1. The van der Waals surface area contributed by atoms with Gasteiger partial charge >= 0.3 is 5.69 Å². The average molecular weight is 491 g/mol. The van der Waals surface area contributed by atoms with Gasteiger partial charge in [-0.3, -0.25) is 10.4 Å². The number of amidine groups is 1. The Balaban J connectivity index is 1.62. The number of H-pyrrole nitrogens is 1. The number of pyridine rings is 1. The molecule has 0 unspecified atom stereocenters. The van der Waals surface area contributed by atoms with Crippen molar-refractivity contribution in [2.45, 2.75) is 12.6 Å². The first-order valence-electron chi connectivity index (χ1n) is 10.9. The number of hydrogen-bond donors (Lipinski definition) is 4. The number of rotatable bonds is 7. The van der Waals surface area contributed by atoms with Crippen LogP contribution in [0.1, 0.15) is 28.6 Å². The summed E-state index contributed by atoms with van der Waals surface area (Å²) in [5.74, 6) is 0.304. The van der Waals surface area contributed by atoms with Crippen molar-refractivity contribution in [1.82, 2.24) is 19.7 Å². The number of nitrogen functional groups attached to an aromatic ring is 1. The molecule has 1 aliphatic rings. The predicted molar refractivity (Wildman–Crippen MR) is 128 cm³/mol. The Hall–Kier alpha value is -4.71. The standard InChI is InChI=1S/C24H22FN7O4/c1-34-18-10-14(9-15-11-35-12-36-20(15)18)19(29-16-6-4-13(5-7-16)21(26)27)22-30-24(33)32(31-22)23-17(25)3-2-8-28-23/h2-10,19,29H,11-12H2,1H3,(H3,26,27)(H,30,31,33)/t19-/m0/s1. The monoisotopic (exact) mass is 491 g/mol. The van der Waals surface area contributed by atoms with Gasteiger partial charge in [-0.05, 0) is 54.1 Å². The van der Waals surface area contributed by atoms with Crippen molar-refractivity contribution in [3.05, 3.63) is 93.5 Å². The van der Waals surface area contributed by atoms with Crippen LogP contribution in [0.15, 0.2) is 59.5 Å². The molecule has 1 aliphatic heterocycles. The molecule has 0 fully saturated rings. The molecule has 184 valence electrons. The third-order valence-electron chi connectivity index (χ3n) is 5.61. The zero-order chi connectivity index (χ0) is 25.2. The smallest absolute Gasteiger partial charge is 0.349 e. The summed E-state index contributed by atoms with van der Waals surface area (Å²) in [6.07, 6.45) is 1.37. The molecule has 1 atom stereocenters. The van der Waals surface area contributed by atoms with Crippen molar-refractivity contribution in [3.8, 4) is 17.3 Å². The lowest BCUT2D eigenvalue weighted by Crippen LogP contribution is -2.18. The van der Waals surface area contributed by atoms with Crippen molar-refractivity contribution >= 4 is 11.5 Å². The molecule has 36 heavy (non-hydrogen) atoms. The third-order valence-corrected chi connectivity index (χ3v) is 5.61. The van der Waals surface area contributed by atoms with Gasteiger partial charge in [-0.2, -0.15) is 4.68 Å². The van der Waals surface area contributed by atoms with E-state index in [1.54, 1.807) is 30.3 Å². The molecule has 2 aromatic carbocycles. The number of nitrogens with zero attached hydrogens (tertiary/aromatic N) is 3. The summed E-state index contributed by atoms with van der Waals surface area (Å²) >= 11 is 0. The van der Waals surface area contributed by atoms with Crippen LogP contribution in [0.25, 0.3) is 5.82 Å². The fraction of sp³-hybridized carbons (Fsp3) is 0.167. The molecular weight excluding hydrogens is 469 g/mol. The summed E-state index contributed by atoms with van der Waals surface area (Å²) in [6.45, 7) is 0.421. The molecule has 0 spiro atoms. The molecule has 0 amide bonds. The molecule has 0 saturated heterocycles. The van der Waals surface area contributed by atoms with Gasteiger partial charge in [0.15, 0.2) is 35.8 Å². The van der Waals surface area contributed by atoms with Gasteiger partial charge in [-0.1, -0.05) is 0 Å². The van der Waals surface area contributed by atoms with E-state index in [-0.39, 0.29) is 24.3 Å². The van der Waals surface area contributed by atoms with Crippen LogP contribution in [0.3, 0.4) is 0 Å². The minimum atomic E-state index is -0.699. The maximum absolute atomic E-state index is 14.4. The first-order chi connectivity index (χ1) is 17.4. The first-order valence-corrected chi connectivity index (χ1v) is 10.9. The van der Waals surface area contributed by atoms with Crippen LogP contribution < -0.4 is 26.2 Å². The molecule has 0 saturated carbocycles. The summed E-state index contributed by atoms with van der Waals surface area (Å²) < 4.78 is 31.8. The Labute approximate surface area is 204 Å². The van der Waals surface area contributed by atoms with Crippen molar-refractivity contribution in [2.75, 3.05) is 19.2 Å². The van der Waals surface area contributed by atoms with E-state index in [1.165, 1.54) is 25.4 Å². The molecule has 0 aliphatic carbocycles. The molecule has 0 radical (unpaired) electrons. The highest BCUT2D eigenvalue weighted by Crippen LogP contribution is 2.38. The molecule has 3 heterocycles. The lowest BCUT2D eigenvalue weighted by atomic mass is 10.0. The van der Waals surface area contributed by atoms with Crippen LogP contribution in [0.2, 0.25) is 0 Å². The Morgan fingerprint density at radius 3 is 2.83 bits per heavy atom. The van der Waals surface area contributed by atoms with Gasteiger partial charge in [0, 0.05) is 23.0 Å². The maximum Gasteiger partial charge on any atom is 0.349 e. The van der Waals surface area contributed by atoms with Crippen molar-refractivity contribution in [2.24, 2.45) is 5.73 Å². The number of aromatic amines is 1. The van der Waals surface area contributed by atoms with Crippen LogP contribution in [-0.2, 0) is 11.3 Å². The number of ether oxygens (including phenoxy) is 3. The van der Waals surface area contributed by atoms with E-state index in [9.17, 15) is 9.18 Å². The molecule has 5 rings (SSSR count). The molecule has 4 aromatic rings. The Morgan fingerprint density at radius 1 is 1.31 bits per heavy atom.